The van der Waals surface area contributed by atoms with Crippen LogP contribution in [0.1, 0.15) is 18.9 Å². The van der Waals surface area contributed by atoms with Gasteiger partial charge in [0.15, 0.2) is 0 Å². The van der Waals surface area contributed by atoms with Crippen LogP contribution in [0.25, 0.3) is 0 Å². The molecule has 2 N–H and O–H groups in total. The molecule has 0 radical (unpaired) electrons. The number of carbonyl (C=O) groups excluding carboxylic acids is 4. The summed E-state index contributed by atoms with van der Waals surface area (Å²) in [7, 11) is 1.39. The molecular formula is C22H22ClFN4O4. The van der Waals surface area contributed by atoms with Crippen molar-refractivity contribution in [2.75, 3.05) is 25.5 Å². The Hall–Kier alpha value is -3.46. The van der Waals surface area contributed by atoms with E-state index < -0.39 is 41.7 Å². The fraction of sp³-hybridized carbons (Fsp3) is 0.273. The van der Waals surface area contributed by atoms with Crippen LogP contribution in [0.3, 0.4) is 0 Å². The molecule has 1 saturated heterocycles. The zero-order chi connectivity index (χ0) is 23.5. The Labute approximate surface area is 189 Å². The van der Waals surface area contributed by atoms with E-state index in [1.807, 2.05) is 0 Å². The number of likely N-dealkylation sites (N-methyl/N-ethyl adjacent to an activating group) is 1. The molecule has 0 spiro atoms. The zero-order valence-electron chi connectivity index (χ0n) is 17.5. The molecule has 2 aromatic rings. The summed E-state index contributed by atoms with van der Waals surface area (Å²) in [5.41, 5.74) is -0.354. The molecule has 0 bridgehead atoms. The topological polar surface area (TPSA) is 98.8 Å². The van der Waals surface area contributed by atoms with E-state index in [0.29, 0.717) is 16.3 Å². The highest BCUT2D eigenvalue weighted by molar-refractivity contribution is 6.30. The van der Waals surface area contributed by atoms with E-state index in [2.05, 4.69) is 10.6 Å². The van der Waals surface area contributed by atoms with Crippen molar-refractivity contribution in [3.05, 3.63) is 64.9 Å². The number of anilines is 1. The second-order valence-corrected chi connectivity index (χ2v) is 7.83. The second kappa shape index (κ2) is 9.35. The van der Waals surface area contributed by atoms with Gasteiger partial charge in [-0.25, -0.2) is 9.18 Å². The predicted octanol–water partition coefficient (Wildman–Crippen LogP) is 2.73. The molecule has 0 unspecified atom stereocenters. The summed E-state index contributed by atoms with van der Waals surface area (Å²) in [5, 5.41) is 5.72. The lowest BCUT2D eigenvalue weighted by atomic mass is 9.87. The number of nitrogens with one attached hydrogen (secondary N) is 2. The molecule has 1 heterocycles. The quantitative estimate of drug-likeness (QED) is 0.620. The van der Waals surface area contributed by atoms with E-state index in [1.54, 1.807) is 31.2 Å². The molecule has 3 rings (SSSR count). The van der Waals surface area contributed by atoms with Gasteiger partial charge in [-0.2, -0.15) is 0 Å². The number of carbonyl (C=O) groups is 4. The van der Waals surface area contributed by atoms with Gasteiger partial charge in [-0.1, -0.05) is 30.7 Å². The standard InChI is InChI=1S/C22H22ClFN4O4/c1-3-22(14-4-6-15(23)7-5-14)20(31)28(21(32)26-22)13-19(30)27(2)12-18(29)25-17-10-8-16(24)9-11-17/h4-11H,3,12-13H2,1-2H3,(H,25,29)(H,26,32)/t22-/m0/s1. The maximum atomic E-state index is 13.1. The molecule has 0 aliphatic carbocycles. The number of amides is 5. The lowest BCUT2D eigenvalue weighted by molar-refractivity contribution is -0.139. The average Bonchev–Trinajstić information content (AvgIpc) is 3.00. The highest BCUT2D eigenvalue weighted by Crippen LogP contribution is 2.33. The SMILES string of the molecule is CC[C@@]1(c2ccc(Cl)cc2)NC(=O)N(CC(=O)N(C)CC(=O)Nc2ccc(F)cc2)C1=O. The van der Waals surface area contributed by atoms with Crippen LogP contribution in [0.15, 0.2) is 48.5 Å². The van der Waals surface area contributed by atoms with Crippen LogP contribution in [0.4, 0.5) is 14.9 Å². The fourth-order valence-electron chi connectivity index (χ4n) is 3.44. The molecule has 1 aliphatic heterocycles. The number of hydrogen-bond donors (Lipinski definition) is 2. The van der Waals surface area contributed by atoms with Crippen molar-refractivity contribution in [3.63, 3.8) is 0 Å². The third-order valence-corrected chi connectivity index (χ3v) is 5.52. The first kappa shape index (κ1) is 23.2. The summed E-state index contributed by atoms with van der Waals surface area (Å²) in [6.45, 7) is 0.931. The summed E-state index contributed by atoms with van der Waals surface area (Å²) in [4.78, 5) is 52.4. The number of halogens is 2. The van der Waals surface area contributed by atoms with Gasteiger partial charge in [-0.05, 0) is 48.4 Å². The highest BCUT2D eigenvalue weighted by atomic mass is 35.5. The van der Waals surface area contributed by atoms with Gasteiger partial charge in [0.05, 0.1) is 6.54 Å². The smallest absolute Gasteiger partial charge is 0.325 e. The first-order chi connectivity index (χ1) is 15.2. The third-order valence-electron chi connectivity index (χ3n) is 5.27. The molecular weight excluding hydrogens is 439 g/mol. The van der Waals surface area contributed by atoms with Crippen molar-refractivity contribution in [2.45, 2.75) is 18.9 Å². The van der Waals surface area contributed by atoms with Crippen LogP contribution in [-0.4, -0.2) is 53.7 Å². The molecule has 1 aliphatic rings. The molecule has 8 nitrogen and oxygen atoms in total. The van der Waals surface area contributed by atoms with Crippen LogP contribution in [-0.2, 0) is 19.9 Å². The van der Waals surface area contributed by atoms with Gasteiger partial charge >= 0.3 is 6.03 Å². The molecule has 1 atom stereocenters. The first-order valence-corrected chi connectivity index (χ1v) is 10.2. The Bertz CT molecular complexity index is 1040. The van der Waals surface area contributed by atoms with E-state index in [1.165, 1.54) is 31.3 Å². The minimum Gasteiger partial charge on any atom is -0.335 e. The number of rotatable bonds is 7. The predicted molar refractivity (Wildman–Crippen MR) is 116 cm³/mol. The van der Waals surface area contributed by atoms with Gasteiger partial charge in [-0.15, -0.1) is 0 Å². The van der Waals surface area contributed by atoms with Crippen LogP contribution < -0.4 is 10.6 Å². The number of urea groups is 1. The maximum Gasteiger partial charge on any atom is 0.325 e. The first-order valence-electron chi connectivity index (χ1n) is 9.86. The van der Waals surface area contributed by atoms with Gasteiger partial charge in [0.1, 0.15) is 17.9 Å². The van der Waals surface area contributed by atoms with E-state index in [0.717, 1.165) is 9.80 Å². The van der Waals surface area contributed by atoms with Crippen molar-refractivity contribution in [3.8, 4) is 0 Å². The lowest BCUT2D eigenvalue weighted by Crippen LogP contribution is -2.46. The molecule has 0 aromatic heterocycles. The van der Waals surface area contributed by atoms with Gasteiger partial charge in [-0.3, -0.25) is 19.3 Å². The Morgan fingerprint density at radius 2 is 1.75 bits per heavy atom. The molecule has 2 aromatic carbocycles. The molecule has 168 valence electrons. The van der Waals surface area contributed by atoms with Crippen molar-refractivity contribution >= 4 is 41.0 Å². The van der Waals surface area contributed by atoms with E-state index in [4.69, 9.17) is 11.6 Å². The monoisotopic (exact) mass is 460 g/mol. The van der Waals surface area contributed by atoms with Crippen molar-refractivity contribution < 1.29 is 23.6 Å². The minimum atomic E-state index is -1.29. The fourth-order valence-corrected chi connectivity index (χ4v) is 3.56. The van der Waals surface area contributed by atoms with Crippen molar-refractivity contribution in [1.82, 2.24) is 15.1 Å². The lowest BCUT2D eigenvalue weighted by Gasteiger charge is -2.26. The van der Waals surface area contributed by atoms with Crippen molar-refractivity contribution in [1.29, 1.82) is 0 Å². The molecule has 32 heavy (non-hydrogen) atoms. The summed E-state index contributed by atoms with van der Waals surface area (Å²) < 4.78 is 13.0. The zero-order valence-corrected chi connectivity index (χ0v) is 18.3. The molecule has 5 amide bonds. The number of nitrogens with zero attached hydrogens (tertiary/aromatic N) is 2. The summed E-state index contributed by atoms with van der Waals surface area (Å²) >= 11 is 5.92. The molecule has 10 heteroatoms. The summed E-state index contributed by atoms with van der Waals surface area (Å²) in [5.74, 6) is -2.09. The van der Waals surface area contributed by atoms with Gasteiger partial charge in [0, 0.05) is 17.8 Å². The Morgan fingerprint density at radius 1 is 1.12 bits per heavy atom. The summed E-state index contributed by atoms with van der Waals surface area (Å²) in [6, 6.07) is 11.0. The normalized spacial score (nSPS) is 17.8. The number of benzene rings is 2. The van der Waals surface area contributed by atoms with Gasteiger partial charge in [0.25, 0.3) is 5.91 Å². The van der Waals surface area contributed by atoms with Crippen LogP contribution in [0, 0.1) is 5.82 Å². The Morgan fingerprint density at radius 3 is 2.34 bits per heavy atom. The number of imide groups is 1. The van der Waals surface area contributed by atoms with Crippen LogP contribution >= 0.6 is 11.6 Å². The molecule has 1 fully saturated rings. The van der Waals surface area contributed by atoms with E-state index >= 15 is 0 Å². The summed E-state index contributed by atoms with van der Waals surface area (Å²) in [6.07, 6.45) is 0.278. The van der Waals surface area contributed by atoms with Gasteiger partial charge < -0.3 is 15.5 Å². The highest BCUT2D eigenvalue weighted by Gasteiger charge is 2.51. The van der Waals surface area contributed by atoms with Crippen LogP contribution in [0.2, 0.25) is 5.02 Å². The minimum absolute atomic E-state index is 0.278. The van der Waals surface area contributed by atoms with E-state index in [-0.39, 0.29) is 13.0 Å². The third kappa shape index (κ3) is 4.72. The van der Waals surface area contributed by atoms with E-state index in [9.17, 15) is 23.6 Å². The Balaban J connectivity index is 1.65. The van der Waals surface area contributed by atoms with Crippen LogP contribution in [0.5, 0.6) is 0 Å². The molecule has 0 saturated carbocycles. The number of hydrogen-bond acceptors (Lipinski definition) is 4. The Kier molecular flexibility index (Phi) is 6.78. The van der Waals surface area contributed by atoms with Gasteiger partial charge in [0.2, 0.25) is 11.8 Å². The average molecular weight is 461 g/mol. The maximum absolute atomic E-state index is 13.1. The largest absolute Gasteiger partial charge is 0.335 e. The van der Waals surface area contributed by atoms with Crippen molar-refractivity contribution in [2.24, 2.45) is 0 Å². The second-order valence-electron chi connectivity index (χ2n) is 7.39.